The van der Waals surface area contributed by atoms with Crippen LogP contribution in [-0.4, -0.2) is 19.3 Å². The van der Waals surface area contributed by atoms with Crippen molar-refractivity contribution in [1.29, 1.82) is 0 Å². The third-order valence-electron chi connectivity index (χ3n) is 4.28. The third-order valence-corrected chi connectivity index (χ3v) is 4.62. The van der Waals surface area contributed by atoms with Crippen molar-refractivity contribution in [2.75, 3.05) is 7.11 Å². The van der Waals surface area contributed by atoms with Gasteiger partial charge in [0.2, 0.25) is 0 Å². The summed E-state index contributed by atoms with van der Waals surface area (Å²) in [5.41, 5.74) is 0.123. The first-order valence-corrected chi connectivity index (χ1v) is 7.69. The lowest BCUT2D eigenvalue weighted by Crippen LogP contribution is -2.11. The number of halogens is 4. The number of hydrogen-bond acceptors (Lipinski definition) is 3. The van der Waals surface area contributed by atoms with Gasteiger partial charge in [-0.2, -0.15) is 13.2 Å². The van der Waals surface area contributed by atoms with Gasteiger partial charge in [0.1, 0.15) is 17.4 Å². The molecule has 0 spiro atoms. The number of allylic oxidation sites excluding steroid dienone is 2. The zero-order chi connectivity index (χ0) is 18.1. The van der Waals surface area contributed by atoms with Crippen LogP contribution in [0.4, 0.5) is 13.2 Å². The molecule has 2 rings (SSSR count). The topological polar surface area (TPSA) is 35.5 Å². The molecule has 2 atom stereocenters. The third kappa shape index (κ3) is 4.04. The quantitative estimate of drug-likeness (QED) is 0.712. The van der Waals surface area contributed by atoms with Gasteiger partial charge in [-0.05, 0) is 29.0 Å². The van der Waals surface area contributed by atoms with Crippen molar-refractivity contribution in [2.45, 2.75) is 26.6 Å². The number of esters is 1. The van der Waals surface area contributed by atoms with E-state index in [0.29, 0.717) is 5.75 Å². The second kappa shape index (κ2) is 6.67. The lowest BCUT2D eigenvalue weighted by atomic mass is 10.1. The van der Waals surface area contributed by atoms with E-state index in [9.17, 15) is 18.0 Å². The van der Waals surface area contributed by atoms with Crippen LogP contribution in [-0.2, 0) is 16.1 Å². The van der Waals surface area contributed by atoms with Crippen molar-refractivity contribution < 1.29 is 27.4 Å². The van der Waals surface area contributed by atoms with Crippen LogP contribution >= 0.6 is 11.6 Å². The number of carbonyl (C=O) groups is 1. The molecule has 0 N–H and O–H groups in total. The first kappa shape index (κ1) is 18.6. The molecule has 0 amide bonds. The molecule has 1 fully saturated rings. The highest BCUT2D eigenvalue weighted by Gasteiger charge is 2.62. The van der Waals surface area contributed by atoms with E-state index < -0.39 is 34.4 Å². The molecule has 1 saturated carbocycles. The van der Waals surface area contributed by atoms with Crippen LogP contribution in [0.25, 0.3) is 0 Å². The van der Waals surface area contributed by atoms with Crippen molar-refractivity contribution in [3.05, 3.63) is 40.9 Å². The fourth-order valence-electron chi connectivity index (χ4n) is 2.70. The zero-order valence-corrected chi connectivity index (χ0v) is 14.2. The molecule has 1 aromatic rings. The first-order valence-electron chi connectivity index (χ1n) is 7.31. The molecule has 0 bridgehead atoms. The molecular formula is C17H18ClF3O3. The molecule has 1 aromatic carbocycles. The van der Waals surface area contributed by atoms with Gasteiger partial charge in [-0.1, -0.05) is 43.7 Å². The maximum absolute atomic E-state index is 12.5. The van der Waals surface area contributed by atoms with Crippen molar-refractivity contribution in [1.82, 2.24) is 0 Å². The molecule has 0 aromatic heterocycles. The normalized spacial score (nSPS) is 22.9. The predicted molar refractivity (Wildman–Crippen MR) is 83.5 cm³/mol. The van der Waals surface area contributed by atoms with E-state index >= 15 is 0 Å². The lowest BCUT2D eigenvalue weighted by molar-refractivity contribution is -0.147. The van der Waals surface area contributed by atoms with Gasteiger partial charge in [-0.3, -0.25) is 4.79 Å². The second-order valence-corrected chi connectivity index (χ2v) is 6.70. The van der Waals surface area contributed by atoms with Crippen LogP contribution in [0, 0.1) is 17.3 Å². The van der Waals surface area contributed by atoms with E-state index in [1.165, 1.54) is 7.11 Å². The summed E-state index contributed by atoms with van der Waals surface area (Å²) in [5, 5.41) is -1.20. The smallest absolute Gasteiger partial charge is 0.426 e. The summed E-state index contributed by atoms with van der Waals surface area (Å²) < 4.78 is 47.9. The van der Waals surface area contributed by atoms with Crippen LogP contribution in [0.2, 0.25) is 0 Å². The van der Waals surface area contributed by atoms with E-state index in [-0.39, 0.29) is 6.61 Å². The van der Waals surface area contributed by atoms with E-state index in [4.69, 9.17) is 21.1 Å². The molecule has 24 heavy (non-hydrogen) atoms. The fraction of sp³-hybridized carbons (Fsp3) is 0.471. The number of benzene rings is 1. The minimum Gasteiger partial charge on any atom is -0.497 e. The number of ether oxygens (including phenoxy) is 2. The Labute approximate surface area is 143 Å². The average Bonchev–Trinajstić information content (AvgIpc) is 3.05. The van der Waals surface area contributed by atoms with Crippen molar-refractivity contribution in [3.63, 3.8) is 0 Å². The summed E-state index contributed by atoms with van der Waals surface area (Å²) in [7, 11) is 1.53. The summed E-state index contributed by atoms with van der Waals surface area (Å²) >= 11 is 5.27. The Morgan fingerprint density at radius 1 is 1.38 bits per heavy atom. The molecule has 0 saturated heterocycles. The number of rotatable bonds is 5. The van der Waals surface area contributed by atoms with Gasteiger partial charge in [0.05, 0.1) is 13.0 Å². The maximum Gasteiger partial charge on any atom is 0.426 e. The summed E-state index contributed by atoms with van der Waals surface area (Å²) in [5.74, 6) is -1.13. The highest BCUT2D eigenvalue weighted by atomic mass is 35.5. The van der Waals surface area contributed by atoms with Crippen LogP contribution in [0.15, 0.2) is 35.4 Å². The summed E-state index contributed by atoms with van der Waals surface area (Å²) in [4.78, 5) is 12.2. The Morgan fingerprint density at radius 3 is 2.62 bits per heavy atom. The van der Waals surface area contributed by atoms with Gasteiger partial charge in [0.15, 0.2) is 0 Å². The monoisotopic (exact) mass is 362 g/mol. The fourth-order valence-corrected chi connectivity index (χ4v) is 2.83. The summed E-state index contributed by atoms with van der Waals surface area (Å²) in [6.45, 7) is 3.46. The van der Waals surface area contributed by atoms with Gasteiger partial charge < -0.3 is 9.47 Å². The first-order chi connectivity index (χ1) is 11.1. The molecule has 0 heterocycles. The van der Waals surface area contributed by atoms with Crippen molar-refractivity contribution in [3.8, 4) is 5.75 Å². The second-order valence-electron chi connectivity index (χ2n) is 6.30. The largest absolute Gasteiger partial charge is 0.497 e. The van der Waals surface area contributed by atoms with Gasteiger partial charge in [-0.25, -0.2) is 0 Å². The average molecular weight is 363 g/mol. The molecule has 0 aliphatic heterocycles. The van der Waals surface area contributed by atoms with Crippen LogP contribution in [0.1, 0.15) is 19.4 Å². The minimum absolute atomic E-state index is 0.0338. The van der Waals surface area contributed by atoms with Crippen molar-refractivity contribution in [2.24, 2.45) is 17.3 Å². The van der Waals surface area contributed by atoms with Crippen LogP contribution in [0.3, 0.4) is 0 Å². The predicted octanol–water partition coefficient (Wildman–Crippen LogP) is 4.70. The lowest BCUT2D eigenvalue weighted by Gasteiger charge is -2.07. The Morgan fingerprint density at radius 2 is 2.04 bits per heavy atom. The van der Waals surface area contributed by atoms with Gasteiger partial charge in [0, 0.05) is 0 Å². The van der Waals surface area contributed by atoms with E-state index in [2.05, 4.69) is 0 Å². The Hall–Kier alpha value is -1.69. The molecule has 1 aliphatic rings. The standard InChI is InChI=1S/C17H18ClF3O3/c1-16(2)12(8-13(18)17(19,20)21)14(16)15(22)24-9-10-5-4-6-11(7-10)23-3/h4-8,12,14H,9H2,1-3H3/b13-8-/t12-,14-/m1/s1. The van der Waals surface area contributed by atoms with Gasteiger partial charge in [-0.15, -0.1) is 0 Å². The van der Waals surface area contributed by atoms with E-state index in [1.54, 1.807) is 38.1 Å². The van der Waals surface area contributed by atoms with E-state index in [0.717, 1.165) is 11.6 Å². The minimum atomic E-state index is -4.60. The van der Waals surface area contributed by atoms with Gasteiger partial charge >= 0.3 is 12.1 Å². The van der Waals surface area contributed by atoms with Gasteiger partial charge in [0.25, 0.3) is 0 Å². The van der Waals surface area contributed by atoms with E-state index in [1.807, 2.05) is 0 Å². The Bertz CT molecular complexity index is 653. The van der Waals surface area contributed by atoms with Crippen LogP contribution < -0.4 is 4.74 Å². The molecule has 0 radical (unpaired) electrons. The molecular weight excluding hydrogens is 345 g/mol. The molecule has 132 valence electrons. The number of hydrogen-bond donors (Lipinski definition) is 0. The molecule has 1 aliphatic carbocycles. The molecule has 7 heteroatoms. The Balaban J connectivity index is 2.00. The van der Waals surface area contributed by atoms with Crippen molar-refractivity contribution >= 4 is 17.6 Å². The SMILES string of the molecule is COc1cccc(COC(=O)[C@H]2[C@@H](/C=C(\Cl)C(F)(F)F)C2(C)C)c1. The highest BCUT2D eigenvalue weighted by molar-refractivity contribution is 6.30. The summed E-state index contributed by atoms with van der Waals surface area (Å²) in [6, 6.07) is 7.02. The molecule has 0 unspecified atom stereocenters. The Kier molecular flexibility index (Phi) is 5.18. The number of carbonyl (C=O) groups excluding carboxylic acids is 1. The zero-order valence-electron chi connectivity index (χ0n) is 13.5. The highest BCUT2D eigenvalue weighted by Crippen LogP contribution is 2.60. The maximum atomic E-state index is 12.5. The number of methoxy groups -OCH3 is 1. The summed E-state index contributed by atoms with van der Waals surface area (Å²) in [6.07, 6.45) is -3.70. The number of alkyl halides is 3. The molecule has 3 nitrogen and oxygen atoms in total. The van der Waals surface area contributed by atoms with Crippen LogP contribution in [0.5, 0.6) is 5.75 Å².